The molecule has 1 saturated carbocycles. The zero-order chi connectivity index (χ0) is 13.9. The Hall–Kier alpha value is -1.12. The highest BCUT2D eigenvalue weighted by atomic mass is 35.5. The van der Waals surface area contributed by atoms with E-state index in [1.54, 1.807) is 0 Å². The minimum Gasteiger partial charge on any atom is -0.299 e. The van der Waals surface area contributed by atoms with Gasteiger partial charge in [0.2, 0.25) is 0 Å². The number of rotatable bonds is 3. The number of nitrogens with zero attached hydrogens (tertiary/aromatic N) is 2. The summed E-state index contributed by atoms with van der Waals surface area (Å²) in [5.41, 5.74) is 2.11. The fourth-order valence-electron chi connectivity index (χ4n) is 3.17. The summed E-state index contributed by atoms with van der Waals surface area (Å²) >= 11 is 6.35. The van der Waals surface area contributed by atoms with Crippen LogP contribution in [0.1, 0.15) is 37.7 Å². The Balaban J connectivity index is 1.80. The molecule has 2 aromatic rings. The van der Waals surface area contributed by atoms with Gasteiger partial charge in [-0.25, -0.2) is 4.98 Å². The zero-order valence-corrected chi connectivity index (χ0v) is 12.7. The van der Waals surface area contributed by atoms with Crippen molar-refractivity contribution in [1.29, 1.82) is 0 Å². The van der Waals surface area contributed by atoms with Gasteiger partial charge in [0.15, 0.2) is 0 Å². The Morgan fingerprint density at radius 3 is 2.75 bits per heavy atom. The largest absolute Gasteiger partial charge is 0.299 e. The molecule has 2 nitrogen and oxygen atoms in total. The lowest BCUT2D eigenvalue weighted by atomic mass is 9.94. The Morgan fingerprint density at radius 2 is 1.95 bits per heavy atom. The van der Waals surface area contributed by atoms with Crippen LogP contribution in [0.5, 0.6) is 0 Å². The number of pyridine rings is 1. The fraction of sp³-hybridized carbons (Fsp3) is 0.471. The first-order valence-electron chi connectivity index (χ1n) is 7.48. The number of aromatic nitrogens is 1. The third-order valence-electron chi connectivity index (χ3n) is 4.37. The third-order valence-corrected chi connectivity index (χ3v) is 4.70. The predicted molar refractivity (Wildman–Crippen MR) is 85.1 cm³/mol. The molecule has 0 bridgehead atoms. The second-order valence-electron chi connectivity index (χ2n) is 5.84. The fourth-order valence-corrected chi connectivity index (χ4v) is 3.37. The lowest BCUT2D eigenvalue weighted by molar-refractivity contribution is 0.184. The Labute approximate surface area is 125 Å². The van der Waals surface area contributed by atoms with E-state index >= 15 is 0 Å². The average Bonchev–Trinajstić information content (AvgIpc) is 2.49. The molecule has 1 heterocycles. The number of benzene rings is 1. The monoisotopic (exact) mass is 288 g/mol. The molecule has 0 unspecified atom stereocenters. The molecule has 0 spiro atoms. The van der Waals surface area contributed by atoms with E-state index in [1.165, 1.54) is 37.5 Å². The minimum atomic E-state index is 0.645. The van der Waals surface area contributed by atoms with Crippen LogP contribution < -0.4 is 0 Å². The van der Waals surface area contributed by atoms with Gasteiger partial charge in [-0.15, -0.1) is 0 Å². The van der Waals surface area contributed by atoms with Crippen LogP contribution in [0.15, 0.2) is 30.3 Å². The van der Waals surface area contributed by atoms with Gasteiger partial charge in [0, 0.05) is 23.5 Å². The molecular weight excluding hydrogens is 268 g/mol. The molecule has 106 valence electrons. The van der Waals surface area contributed by atoms with Gasteiger partial charge >= 0.3 is 0 Å². The van der Waals surface area contributed by atoms with E-state index in [1.807, 2.05) is 18.2 Å². The average molecular weight is 289 g/mol. The maximum absolute atomic E-state index is 6.35. The highest BCUT2D eigenvalue weighted by Crippen LogP contribution is 2.26. The van der Waals surface area contributed by atoms with Crippen molar-refractivity contribution in [3.8, 4) is 0 Å². The smallest absolute Gasteiger partial charge is 0.134 e. The van der Waals surface area contributed by atoms with E-state index in [-0.39, 0.29) is 0 Å². The lowest BCUT2D eigenvalue weighted by Crippen LogP contribution is -2.33. The molecule has 1 aromatic carbocycles. The molecule has 0 N–H and O–H groups in total. The van der Waals surface area contributed by atoms with Crippen LogP contribution in [0, 0.1) is 0 Å². The SMILES string of the molecule is CN(Cc1cc2ccccc2nc1Cl)C1CCCCC1. The van der Waals surface area contributed by atoms with Crippen molar-refractivity contribution in [2.75, 3.05) is 7.05 Å². The molecule has 1 aromatic heterocycles. The van der Waals surface area contributed by atoms with Crippen LogP contribution in [0.4, 0.5) is 0 Å². The molecule has 3 heteroatoms. The molecule has 0 aliphatic heterocycles. The quantitative estimate of drug-likeness (QED) is 0.764. The molecule has 0 amide bonds. The van der Waals surface area contributed by atoms with E-state index in [2.05, 4.69) is 29.1 Å². The van der Waals surface area contributed by atoms with E-state index < -0.39 is 0 Å². The van der Waals surface area contributed by atoms with Gasteiger partial charge < -0.3 is 0 Å². The van der Waals surface area contributed by atoms with Crippen LogP contribution in [-0.2, 0) is 6.54 Å². The van der Waals surface area contributed by atoms with Crippen LogP contribution in [0.25, 0.3) is 10.9 Å². The van der Waals surface area contributed by atoms with E-state index in [4.69, 9.17) is 11.6 Å². The van der Waals surface area contributed by atoms with Crippen molar-refractivity contribution in [2.24, 2.45) is 0 Å². The van der Waals surface area contributed by atoms with Gasteiger partial charge in [0.05, 0.1) is 5.52 Å². The van der Waals surface area contributed by atoms with Crippen LogP contribution in [0.2, 0.25) is 5.15 Å². The van der Waals surface area contributed by atoms with Gasteiger partial charge in [-0.1, -0.05) is 49.1 Å². The summed E-state index contributed by atoms with van der Waals surface area (Å²) in [5.74, 6) is 0. The highest BCUT2D eigenvalue weighted by Gasteiger charge is 2.19. The molecular formula is C17H21ClN2. The first-order chi connectivity index (χ1) is 9.74. The second-order valence-corrected chi connectivity index (χ2v) is 6.20. The summed E-state index contributed by atoms with van der Waals surface area (Å²) in [6.07, 6.45) is 6.74. The summed E-state index contributed by atoms with van der Waals surface area (Å²) in [7, 11) is 2.21. The summed E-state index contributed by atoms with van der Waals surface area (Å²) < 4.78 is 0. The van der Waals surface area contributed by atoms with E-state index in [0.29, 0.717) is 11.2 Å². The zero-order valence-electron chi connectivity index (χ0n) is 12.0. The Morgan fingerprint density at radius 1 is 1.20 bits per heavy atom. The van der Waals surface area contributed by atoms with Crippen LogP contribution >= 0.6 is 11.6 Å². The molecule has 0 saturated heterocycles. The number of para-hydroxylation sites is 1. The van der Waals surface area contributed by atoms with Crippen molar-refractivity contribution in [3.63, 3.8) is 0 Å². The van der Waals surface area contributed by atoms with E-state index in [9.17, 15) is 0 Å². The van der Waals surface area contributed by atoms with Gasteiger partial charge in [-0.05, 0) is 32.0 Å². The topological polar surface area (TPSA) is 16.1 Å². The van der Waals surface area contributed by atoms with E-state index in [0.717, 1.165) is 17.6 Å². The Kier molecular flexibility index (Phi) is 4.23. The molecule has 20 heavy (non-hydrogen) atoms. The van der Waals surface area contributed by atoms with Crippen molar-refractivity contribution < 1.29 is 0 Å². The molecule has 0 radical (unpaired) electrons. The molecule has 0 atom stereocenters. The van der Waals surface area contributed by atoms with Crippen LogP contribution in [-0.4, -0.2) is 23.0 Å². The minimum absolute atomic E-state index is 0.645. The lowest BCUT2D eigenvalue weighted by Gasteiger charge is -2.31. The second kappa shape index (κ2) is 6.11. The van der Waals surface area contributed by atoms with Crippen molar-refractivity contribution in [2.45, 2.75) is 44.7 Å². The maximum atomic E-state index is 6.35. The van der Waals surface area contributed by atoms with Crippen molar-refractivity contribution in [3.05, 3.63) is 41.0 Å². The first kappa shape index (κ1) is 13.8. The van der Waals surface area contributed by atoms with Gasteiger partial charge in [0.25, 0.3) is 0 Å². The van der Waals surface area contributed by atoms with Crippen molar-refractivity contribution >= 4 is 22.5 Å². The number of hydrogen-bond acceptors (Lipinski definition) is 2. The summed E-state index contributed by atoms with van der Waals surface area (Å²) in [6.45, 7) is 0.890. The number of fused-ring (bicyclic) bond motifs is 1. The standard InChI is InChI=1S/C17H21ClN2/c1-20(15-8-3-2-4-9-15)12-14-11-13-7-5-6-10-16(13)19-17(14)18/h5-7,10-11,15H,2-4,8-9,12H2,1H3. The first-order valence-corrected chi connectivity index (χ1v) is 7.86. The molecule has 1 aliphatic rings. The molecule has 1 aliphatic carbocycles. The van der Waals surface area contributed by atoms with Crippen LogP contribution in [0.3, 0.4) is 0 Å². The number of halogens is 1. The van der Waals surface area contributed by atoms with Gasteiger partial charge in [0.1, 0.15) is 5.15 Å². The Bertz CT molecular complexity index is 591. The van der Waals surface area contributed by atoms with Gasteiger partial charge in [-0.2, -0.15) is 0 Å². The van der Waals surface area contributed by atoms with Gasteiger partial charge in [-0.3, -0.25) is 4.90 Å². The summed E-state index contributed by atoms with van der Waals surface area (Å²) in [6, 6.07) is 11.0. The highest BCUT2D eigenvalue weighted by molar-refractivity contribution is 6.30. The summed E-state index contributed by atoms with van der Waals surface area (Å²) in [4.78, 5) is 6.95. The molecule has 1 fully saturated rings. The maximum Gasteiger partial charge on any atom is 0.134 e. The predicted octanol–water partition coefficient (Wildman–Crippen LogP) is 4.65. The number of hydrogen-bond donors (Lipinski definition) is 0. The normalized spacial score (nSPS) is 16.9. The molecule has 3 rings (SSSR count). The van der Waals surface area contributed by atoms with Crippen molar-refractivity contribution in [1.82, 2.24) is 9.88 Å². The third kappa shape index (κ3) is 2.97. The summed E-state index contributed by atoms with van der Waals surface area (Å²) in [5, 5.41) is 1.82.